The molecule has 0 spiro atoms. The maximum Gasteiger partial charge on any atom is 0.323 e. The quantitative estimate of drug-likeness (QED) is 0.696. The first kappa shape index (κ1) is 15.7. The molecular formula is C13H23NO3. The zero-order valence-electron chi connectivity index (χ0n) is 11.2. The van der Waals surface area contributed by atoms with Gasteiger partial charge in [0.05, 0.1) is 0 Å². The number of aliphatic carboxylic acids is 1. The largest absolute Gasteiger partial charge is 0.480 e. The van der Waals surface area contributed by atoms with Crippen molar-refractivity contribution in [2.75, 3.05) is 6.54 Å². The van der Waals surface area contributed by atoms with Crippen molar-refractivity contribution in [3.8, 4) is 0 Å². The SMILES string of the molecule is C=C(C)CC(C)C(=O)N(CC(=O)O)C(C)CC. The maximum absolute atomic E-state index is 12.1. The monoisotopic (exact) mass is 241 g/mol. The van der Waals surface area contributed by atoms with E-state index in [2.05, 4.69) is 6.58 Å². The van der Waals surface area contributed by atoms with Gasteiger partial charge in [0.1, 0.15) is 6.54 Å². The number of rotatable bonds is 7. The normalized spacial score (nSPS) is 13.9. The standard InChI is InChI=1S/C13H23NO3/c1-6-11(5)14(8-12(15)16)13(17)10(4)7-9(2)3/h10-11H,2,6-8H2,1,3-5H3,(H,15,16). The third-order valence-electron chi connectivity index (χ3n) is 2.79. The van der Waals surface area contributed by atoms with E-state index >= 15 is 0 Å². The van der Waals surface area contributed by atoms with Gasteiger partial charge in [0, 0.05) is 12.0 Å². The molecule has 0 saturated heterocycles. The van der Waals surface area contributed by atoms with Gasteiger partial charge in [-0.25, -0.2) is 0 Å². The molecule has 0 bridgehead atoms. The molecule has 0 rings (SSSR count). The molecule has 0 aromatic rings. The number of carbonyl (C=O) groups is 2. The zero-order chi connectivity index (χ0) is 13.6. The van der Waals surface area contributed by atoms with Gasteiger partial charge in [-0.15, -0.1) is 6.58 Å². The van der Waals surface area contributed by atoms with Gasteiger partial charge in [-0.2, -0.15) is 0 Å². The molecule has 2 unspecified atom stereocenters. The molecule has 0 heterocycles. The third kappa shape index (κ3) is 5.52. The number of hydrogen-bond donors (Lipinski definition) is 1. The van der Waals surface area contributed by atoms with E-state index in [4.69, 9.17) is 5.11 Å². The predicted octanol–water partition coefficient (Wildman–Crippen LogP) is 2.30. The number of allylic oxidation sites excluding steroid dienone is 1. The van der Waals surface area contributed by atoms with E-state index in [1.54, 1.807) is 0 Å². The molecule has 0 aliphatic rings. The second-order valence-corrected chi connectivity index (χ2v) is 4.68. The first-order valence-electron chi connectivity index (χ1n) is 5.96. The Balaban J connectivity index is 4.73. The summed E-state index contributed by atoms with van der Waals surface area (Å²) in [4.78, 5) is 24.3. The topological polar surface area (TPSA) is 57.6 Å². The van der Waals surface area contributed by atoms with Gasteiger partial charge in [-0.05, 0) is 26.7 Å². The Kier molecular flexibility index (Phi) is 6.54. The highest BCUT2D eigenvalue weighted by atomic mass is 16.4. The van der Waals surface area contributed by atoms with Crippen molar-refractivity contribution in [2.24, 2.45) is 5.92 Å². The van der Waals surface area contributed by atoms with E-state index in [-0.39, 0.29) is 24.4 Å². The molecule has 2 atom stereocenters. The van der Waals surface area contributed by atoms with Crippen LogP contribution >= 0.6 is 0 Å². The molecule has 0 saturated carbocycles. The van der Waals surface area contributed by atoms with Crippen LogP contribution in [0.2, 0.25) is 0 Å². The van der Waals surface area contributed by atoms with Crippen molar-refractivity contribution >= 4 is 11.9 Å². The first-order valence-corrected chi connectivity index (χ1v) is 5.96. The van der Waals surface area contributed by atoms with Crippen LogP contribution in [0.4, 0.5) is 0 Å². The second kappa shape index (κ2) is 7.09. The van der Waals surface area contributed by atoms with Gasteiger partial charge < -0.3 is 10.0 Å². The fraction of sp³-hybridized carbons (Fsp3) is 0.692. The number of hydrogen-bond acceptors (Lipinski definition) is 2. The lowest BCUT2D eigenvalue weighted by Gasteiger charge is -2.29. The summed E-state index contributed by atoms with van der Waals surface area (Å²) in [5.41, 5.74) is 0.935. The molecule has 1 N–H and O–H groups in total. The summed E-state index contributed by atoms with van der Waals surface area (Å²) in [6.45, 7) is 11.0. The minimum Gasteiger partial charge on any atom is -0.480 e. The lowest BCUT2D eigenvalue weighted by molar-refractivity contribution is -0.147. The van der Waals surface area contributed by atoms with Gasteiger partial charge in [0.15, 0.2) is 0 Å². The molecule has 0 aliphatic heterocycles. The Hall–Kier alpha value is -1.32. The van der Waals surface area contributed by atoms with Gasteiger partial charge >= 0.3 is 5.97 Å². The Morgan fingerprint density at radius 3 is 2.24 bits per heavy atom. The molecule has 0 aromatic heterocycles. The van der Waals surface area contributed by atoms with Crippen LogP contribution in [-0.2, 0) is 9.59 Å². The lowest BCUT2D eigenvalue weighted by atomic mass is 10.0. The summed E-state index contributed by atoms with van der Waals surface area (Å²) in [6.07, 6.45) is 1.35. The van der Waals surface area contributed by atoms with E-state index in [0.29, 0.717) is 6.42 Å². The Bertz CT molecular complexity index is 299. The second-order valence-electron chi connectivity index (χ2n) is 4.68. The van der Waals surface area contributed by atoms with Crippen LogP contribution in [0.3, 0.4) is 0 Å². The highest BCUT2D eigenvalue weighted by molar-refractivity contribution is 5.83. The molecule has 17 heavy (non-hydrogen) atoms. The highest BCUT2D eigenvalue weighted by Crippen LogP contribution is 2.15. The smallest absolute Gasteiger partial charge is 0.323 e. The molecule has 4 nitrogen and oxygen atoms in total. The summed E-state index contributed by atoms with van der Waals surface area (Å²) < 4.78 is 0. The van der Waals surface area contributed by atoms with E-state index < -0.39 is 5.97 Å². The summed E-state index contributed by atoms with van der Waals surface area (Å²) in [7, 11) is 0. The summed E-state index contributed by atoms with van der Waals surface area (Å²) in [5, 5.41) is 8.83. The minimum atomic E-state index is -0.971. The number of nitrogens with zero attached hydrogens (tertiary/aromatic N) is 1. The van der Waals surface area contributed by atoms with E-state index in [9.17, 15) is 9.59 Å². The first-order chi connectivity index (χ1) is 7.79. The zero-order valence-corrected chi connectivity index (χ0v) is 11.2. The molecule has 0 aromatic carbocycles. The Labute approximate surface area is 103 Å². The Morgan fingerprint density at radius 2 is 1.88 bits per heavy atom. The summed E-state index contributed by atoms with van der Waals surface area (Å²) >= 11 is 0. The third-order valence-corrected chi connectivity index (χ3v) is 2.79. The average Bonchev–Trinajstić information content (AvgIpc) is 2.22. The highest BCUT2D eigenvalue weighted by Gasteiger charge is 2.25. The van der Waals surface area contributed by atoms with Crippen molar-refractivity contribution in [3.63, 3.8) is 0 Å². The van der Waals surface area contributed by atoms with E-state index in [1.165, 1.54) is 4.90 Å². The number of amides is 1. The van der Waals surface area contributed by atoms with Crippen LogP contribution in [0.5, 0.6) is 0 Å². The maximum atomic E-state index is 12.1. The van der Waals surface area contributed by atoms with Crippen molar-refractivity contribution in [3.05, 3.63) is 12.2 Å². The van der Waals surface area contributed by atoms with Gasteiger partial charge in [-0.1, -0.05) is 19.4 Å². The molecule has 4 heteroatoms. The minimum absolute atomic E-state index is 0.0498. The Morgan fingerprint density at radius 1 is 1.35 bits per heavy atom. The van der Waals surface area contributed by atoms with Crippen molar-refractivity contribution in [1.29, 1.82) is 0 Å². The van der Waals surface area contributed by atoms with Gasteiger partial charge in [-0.3, -0.25) is 9.59 Å². The van der Waals surface area contributed by atoms with Gasteiger partial charge in [0.25, 0.3) is 0 Å². The summed E-state index contributed by atoms with van der Waals surface area (Å²) in [5.74, 6) is -1.29. The fourth-order valence-corrected chi connectivity index (χ4v) is 1.71. The van der Waals surface area contributed by atoms with Crippen LogP contribution < -0.4 is 0 Å². The van der Waals surface area contributed by atoms with E-state index in [0.717, 1.165) is 12.0 Å². The van der Waals surface area contributed by atoms with Crippen molar-refractivity contribution in [1.82, 2.24) is 4.90 Å². The molecule has 0 fully saturated rings. The molecule has 0 aliphatic carbocycles. The predicted molar refractivity (Wildman–Crippen MR) is 67.7 cm³/mol. The molecular weight excluding hydrogens is 218 g/mol. The average molecular weight is 241 g/mol. The van der Waals surface area contributed by atoms with Crippen LogP contribution in [0.1, 0.15) is 40.5 Å². The van der Waals surface area contributed by atoms with Gasteiger partial charge in [0.2, 0.25) is 5.91 Å². The van der Waals surface area contributed by atoms with Crippen LogP contribution in [0.15, 0.2) is 12.2 Å². The van der Waals surface area contributed by atoms with E-state index in [1.807, 2.05) is 27.7 Å². The number of carboxylic acid groups (broad SMARTS) is 1. The number of carbonyl (C=O) groups excluding carboxylic acids is 1. The molecule has 1 amide bonds. The molecule has 0 radical (unpaired) electrons. The lowest BCUT2D eigenvalue weighted by Crippen LogP contribution is -2.44. The van der Waals surface area contributed by atoms with Crippen molar-refractivity contribution in [2.45, 2.75) is 46.6 Å². The fourth-order valence-electron chi connectivity index (χ4n) is 1.71. The van der Waals surface area contributed by atoms with Crippen LogP contribution in [0.25, 0.3) is 0 Å². The van der Waals surface area contributed by atoms with Crippen LogP contribution in [0, 0.1) is 5.92 Å². The molecule has 98 valence electrons. The van der Waals surface area contributed by atoms with Crippen molar-refractivity contribution < 1.29 is 14.7 Å². The number of carboxylic acids is 1. The summed E-state index contributed by atoms with van der Waals surface area (Å²) in [6, 6.07) is -0.0498. The van der Waals surface area contributed by atoms with Crippen LogP contribution in [-0.4, -0.2) is 34.5 Å².